The molecular formula is C12H10N4. The lowest BCUT2D eigenvalue weighted by molar-refractivity contribution is 1.32. The van der Waals surface area contributed by atoms with Gasteiger partial charge in [-0.1, -0.05) is 12.1 Å². The Morgan fingerprint density at radius 1 is 1.25 bits per heavy atom. The van der Waals surface area contributed by atoms with Crippen LogP contribution in [0.25, 0.3) is 0 Å². The molecule has 1 heterocycles. The van der Waals surface area contributed by atoms with Crippen LogP contribution in [0, 0.1) is 11.3 Å². The standard InChI is InChI=1S/C12H10N4/c13-6-9-3-1-2-4-12(9)16-11-5-10(14)7-15-8-11/h1-5,7-8,16H,14H2. The molecule has 16 heavy (non-hydrogen) atoms. The second-order valence-electron chi connectivity index (χ2n) is 3.29. The third-order valence-corrected chi connectivity index (χ3v) is 2.09. The lowest BCUT2D eigenvalue weighted by Gasteiger charge is -2.07. The molecule has 78 valence electrons. The van der Waals surface area contributed by atoms with Crippen LogP contribution in [-0.4, -0.2) is 4.98 Å². The van der Waals surface area contributed by atoms with Gasteiger partial charge in [-0.25, -0.2) is 0 Å². The van der Waals surface area contributed by atoms with Crippen molar-refractivity contribution in [3.05, 3.63) is 48.3 Å². The van der Waals surface area contributed by atoms with Crippen LogP contribution in [0.2, 0.25) is 0 Å². The van der Waals surface area contributed by atoms with Crippen molar-refractivity contribution >= 4 is 17.1 Å². The Kier molecular flexibility index (Phi) is 2.70. The van der Waals surface area contributed by atoms with Gasteiger partial charge in [0, 0.05) is 6.20 Å². The van der Waals surface area contributed by atoms with Crippen molar-refractivity contribution in [1.82, 2.24) is 4.98 Å². The SMILES string of the molecule is N#Cc1ccccc1Nc1cncc(N)c1. The first kappa shape index (κ1) is 9.99. The Morgan fingerprint density at radius 3 is 2.81 bits per heavy atom. The van der Waals surface area contributed by atoms with Gasteiger partial charge in [0.25, 0.3) is 0 Å². The van der Waals surface area contributed by atoms with Gasteiger partial charge in [0.05, 0.1) is 28.8 Å². The van der Waals surface area contributed by atoms with E-state index in [1.54, 1.807) is 24.5 Å². The zero-order chi connectivity index (χ0) is 11.4. The number of nitrogens with two attached hydrogens (primary N) is 1. The monoisotopic (exact) mass is 210 g/mol. The molecule has 1 aromatic carbocycles. The smallest absolute Gasteiger partial charge is 0.101 e. The number of anilines is 3. The number of benzene rings is 1. The maximum Gasteiger partial charge on any atom is 0.101 e. The van der Waals surface area contributed by atoms with Crippen molar-refractivity contribution in [2.24, 2.45) is 0 Å². The molecule has 0 fully saturated rings. The average Bonchev–Trinajstić information content (AvgIpc) is 2.30. The number of aromatic nitrogens is 1. The molecule has 1 aromatic heterocycles. The van der Waals surface area contributed by atoms with E-state index in [2.05, 4.69) is 16.4 Å². The summed E-state index contributed by atoms with van der Waals surface area (Å²) in [5.74, 6) is 0. The van der Waals surface area contributed by atoms with Crippen molar-refractivity contribution in [2.45, 2.75) is 0 Å². The van der Waals surface area contributed by atoms with Crippen molar-refractivity contribution in [3.8, 4) is 6.07 Å². The number of nitrogens with zero attached hydrogens (tertiary/aromatic N) is 2. The van der Waals surface area contributed by atoms with E-state index in [4.69, 9.17) is 11.0 Å². The van der Waals surface area contributed by atoms with Gasteiger partial charge in [-0.3, -0.25) is 4.98 Å². The Balaban J connectivity index is 2.31. The fourth-order valence-electron chi connectivity index (χ4n) is 1.37. The number of nitrogens with one attached hydrogen (secondary N) is 1. The van der Waals surface area contributed by atoms with Gasteiger partial charge < -0.3 is 11.1 Å². The van der Waals surface area contributed by atoms with Crippen molar-refractivity contribution in [2.75, 3.05) is 11.1 Å². The summed E-state index contributed by atoms with van der Waals surface area (Å²) in [4.78, 5) is 3.97. The lowest BCUT2D eigenvalue weighted by atomic mass is 10.2. The summed E-state index contributed by atoms with van der Waals surface area (Å²) in [6.45, 7) is 0. The quantitative estimate of drug-likeness (QED) is 0.797. The highest BCUT2D eigenvalue weighted by Gasteiger charge is 2.01. The molecule has 0 radical (unpaired) electrons. The number of para-hydroxylation sites is 1. The lowest BCUT2D eigenvalue weighted by Crippen LogP contribution is -1.95. The van der Waals surface area contributed by atoms with E-state index < -0.39 is 0 Å². The van der Waals surface area contributed by atoms with Crippen LogP contribution >= 0.6 is 0 Å². The molecule has 0 saturated carbocycles. The minimum Gasteiger partial charge on any atom is -0.397 e. The van der Waals surface area contributed by atoms with Crippen LogP contribution in [0.1, 0.15) is 5.56 Å². The van der Waals surface area contributed by atoms with Gasteiger partial charge in [-0.2, -0.15) is 5.26 Å². The van der Waals surface area contributed by atoms with E-state index >= 15 is 0 Å². The molecule has 3 N–H and O–H groups in total. The van der Waals surface area contributed by atoms with Crippen LogP contribution in [0.15, 0.2) is 42.7 Å². The number of hydrogen-bond acceptors (Lipinski definition) is 4. The topological polar surface area (TPSA) is 74.7 Å². The van der Waals surface area contributed by atoms with E-state index in [0.717, 1.165) is 11.4 Å². The van der Waals surface area contributed by atoms with Crippen molar-refractivity contribution < 1.29 is 0 Å². The molecule has 0 aliphatic carbocycles. The minimum atomic E-state index is 0.583. The normalized spacial score (nSPS) is 9.44. The van der Waals surface area contributed by atoms with Crippen molar-refractivity contribution in [3.63, 3.8) is 0 Å². The van der Waals surface area contributed by atoms with Gasteiger partial charge in [-0.15, -0.1) is 0 Å². The molecule has 0 unspecified atom stereocenters. The highest BCUT2D eigenvalue weighted by molar-refractivity contribution is 5.67. The molecule has 0 saturated heterocycles. The maximum absolute atomic E-state index is 8.92. The highest BCUT2D eigenvalue weighted by Crippen LogP contribution is 2.20. The van der Waals surface area contributed by atoms with E-state index in [9.17, 15) is 0 Å². The molecule has 2 rings (SSSR count). The Labute approximate surface area is 93.4 Å². The molecule has 0 amide bonds. The molecule has 2 aromatic rings. The molecule has 0 atom stereocenters. The maximum atomic E-state index is 8.92. The van der Waals surface area contributed by atoms with E-state index in [1.165, 1.54) is 0 Å². The summed E-state index contributed by atoms with van der Waals surface area (Å²) in [5, 5.41) is 12.0. The Hall–Kier alpha value is -2.54. The Morgan fingerprint density at radius 2 is 2.06 bits per heavy atom. The van der Waals surface area contributed by atoms with Gasteiger partial charge >= 0.3 is 0 Å². The third-order valence-electron chi connectivity index (χ3n) is 2.09. The minimum absolute atomic E-state index is 0.583. The van der Waals surface area contributed by atoms with Crippen LogP contribution in [0.5, 0.6) is 0 Å². The summed E-state index contributed by atoms with van der Waals surface area (Å²) in [5.41, 5.74) is 8.30. The van der Waals surface area contributed by atoms with Gasteiger partial charge in [-0.05, 0) is 18.2 Å². The zero-order valence-electron chi connectivity index (χ0n) is 8.51. The number of nitriles is 1. The largest absolute Gasteiger partial charge is 0.397 e. The fraction of sp³-hybridized carbons (Fsp3) is 0. The van der Waals surface area contributed by atoms with Gasteiger partial charge in [0.15, 0.2) is 0 Å². The predicted molar refractivity (Wildman–Crippen MR) is 63.1 cm³/mol. The summed E-state index contributed by atoms with van der Waals surface area (Å²) in [6, 6.07) is 11.2. The van der Waals surface area contributed by atoms with Gasteiger partial charge in [0.2, 0.25) is 0 Å². The van der Waals surface area contributed by atoms with Crippen LogP contribution in [0.3, 0.4) is 0 Å². The van der Waals surface area contributed by atoms with Crippen LogP contribution in [0.4, 0.5) is 17.1 Å². The molecule has 0 bridgehead atoms. The first-order valence-corrected chi connectivity index (χ1v) is 4.76. The Bertz CT molecular complexity index is 543. The third kappa shape index (κ3) is 2.10. The summed E-state index contributed by atoms with van der Waals surface area (Å²) >= 11 is 0. The molecule has 4 heteroatoms. The molecule has 0 spiro atoms. The predicted octanol–water partition coefficient (Wildman–Crippen LogP) is 2.28. The summed E-state index contributed by atoms with van der Waals surface area (Å²) in [6.07, 6.45) is 3.23. The number of hydrogen-bond donors (Lipinski definition) is 2. The van der Waals surface area contributed by atoms with Crippen molar-refractivity contribution in [1.29, 1.82) is 5.26 Å². The first-order chi connectivity index (χ1) is 7.79. The molecule has 4 nitrogen and oxygen atoms in total. The summed E-state index contributed by atoms with van der Waals surface area (Å²) < 4.78 is 0. The number of nitrogen functional groups attached to an aromatic ring is 1. The fourth-order valence-corrected chi connectivity index (χ4v) is 1.37. The van der Waals surface area contributed by atoms with E-state index in [0.29, 0.717) is 11.3 Å². The van der Waals surface area contributed by atoms with Crippen LogP contribution in [-0.2, 0) is 0 Å². The molecule has 0 aliphatic rings. The average molecular weight is 210 g/mol. The highest BCUT2D eigenvalue weighted by atomic mass is 14.9. The summed E-state index contributed by atoms with van der Waals surface area (Å²) in [7, 11) is 0. The van der Waals surface area contributed by atoms with Gasteiger partial charge in [0.1, 0.15) is 6.07 Å². The second-order valence-corrected chi connectivity index (χ2v) is 3.29. The number of rotatable bonds is 2. The molecule has 0 aliphatic heterocycles. The number of pyridine rings is 1. The second kappa shape index (κ2) is 4.32. The van der Waals surface area contributed by atoms with E-state index in [1.807, 2.05) is 18.2 Å². The first-order valence-electron chi connectivity index (χ1n) is 4.76. The van der Waals surface area contributed by atoms with E-state index in [-0.39, 0.29) is 0 Å². The molecular weight excluding hydrogens is 200 g/mol. The zero-order valence-corrected chi connectivity index (χ0v) is 8.51. The van der Waals surface area contributed by atoms with Crippen LogP contribution < -0.4 is 11.1 Å².